The summed E-state index contributed by atoms with van der Waals surface area (Å²) in [5.41, 5.74) is 3.08. The van der Waals surface area contributed by atoms with Crippen LogP contribution in [0.3, 0.4) is 0 Å². The van der Waals surface area contributed by atoms with Gasteiger partial charge in [-0.3, -0.25) is 9.79 Å². The van der Waals surface area contributed by atoms with Gasteiger partial charge in [-0.15, -0.1) is 0 Å². The van der Waals surface area contributed by atoms with Crippen molar-refractivity contribution < 1.29 is 13.2 Å². The number of para-hydroxylation sites is 1. The van der Waals surface area contributed by atoms with Crippen LogP contribution in [0.15, 0.2) is 59.6 Å². The van der Waals surface area contributed by atoms with Crippen LogP contribution in [-0.4, -0.2) is 73.4 Å². The van der Waals surface area contributed by atoms with Gasteiger partial charge in [0.25, 0.3) is 0 Å². The molecule has 0 spiro atoms. The van der Waals surface area contributed by atoms with Gasteiger partial charge in [-0.2, -0.15) is 0 Å². The molecule has 3 heterocycles. The number of amides is 1. The number of sulfone groups is 1. The Morgan fingerprint density at radius 3 is 2.41 bits per heavy atom. The molecule has 32 heavy (non-hydrogen) atoms. The number of fused-ring (bicyclic) bond motifs is 1. The summed E-state index contributed by atoms with van der Waals surface area (Å²) < 4.78 is 23.4. The highest BCUT2D eigenvalue weighted by Gasteiger charge is 2.42. The molecule has 0 aliphatic carbocycles. The number of amidine groups is 1. The molecule has 0 aromatic heterocycles. The van der Waals surface area contributed by atoms with Crippen LogP contribution in [0.5, 0.6) is 0 Å². The highest BCUT2D eigenvalue weighted by atomic mass is 32.2. The summed E-state index contributed by atoms with van der Waals surface area (Å²) in [6, 6.07) is 18.0. The number of piperazine rings is 1. The van der Waals surface area contributed by atoms with E-state index in [1.54, 1.807) is 0 Å². The summed E-state index contributed by atoms with van der Waals surface area (Å²) in [6.45, 7) is 3.17. The zero-order valence-electron chi connectivity index (χ0n) is 17.7. The number of thioether (sulfide) groups is 1. The van der Waals surface area contributed by atoms with E-state index in [4.69, 9.17) is 0 Å². The SMILES string of the molecule is O=C(Cc1ccc(NC2=N[C@H]3CS(=O)(=O)C[C@@H]3S2)cc1)N1CCN(c2ccccc2)CC1. The Morgan fingerprint density at radius 1 is 1.00 bits per heavy atom. The molecule has 5 rings (SSSR count). The number of carbonyl (C=O) groups excluding carboxylic acids is 1. The average Bonchev–Trinajstić information content (AvgIpc) is 3.28. The van der Waals surface area contributed by atoms with Crippen LogP contribution in [-0.2, 0) is 21.1 Å². The quantitative estimate of drug-likeness (QED) is 0.738. The highest BCUT2D eigenvalue weighted by molar-refractivity contribution is 8.15. The molecule has 2 fully saturated rings. The fraction of sp³-hybridized carbons (Fsp3) is 0.391. The van der Waals surface area contributed by atoms with E-state index in [0.29, 0.717) is 6.42 Å². The van der Waals surface area contributed by atoms with Gasteiger partial charge in [0.05, 0.1) is 24.0 Å². The first-order chi connectivity index (χ1) is 15.4. The summed E-state index contributed by atoms with van der Waals surface area (Å²) in [5, 5.41) is 4.08. The van der Waals surface area contributed by atoms with Crippen molar-refractivity contribution in [2.24, 2.45) is 4.99 Å². The molecule has 3 aliphatic heterocycles. The standard InChI is InChI=1S/C23H26N4O3S2/c28-22(27-12-10-26(11-13-27)19-4-2-1-3-5-19)14-17-6-8-18(9-7-17)24-23-25-20-15-32(29,30)16-21(20)31-23/h1-9,20-21H,10-16H2,(H,24,25)/t20-,21-/m0/s1. The first-order valence-electron chi connectivity index (χ1n) is 10.8. The number of nitrogens with one attached hydrogen (secondary N) is 1. The van der Waals surface area contributed by atoms with Gasteiger partial charge in [0.2, 0.25) is 5.91 Å². The largest absolute Gasteiger partial charge is 0.368 e. The number of benzene rings is 2. The second-order valence-electron chi connectivity index (χ2n) is 8.44. The topological polar surface area (TPSA) is 82.1 Å². The maximum absolute atomic E-state index is 12.8. The molecule has 7 nitrogen and oxygen atoms in total. The van der Waals surface area contributed by atoms with Gasteiger partial charge in [0.15, 0.2) is 15.0 Å². The van der Waals surface area contributed by atoms with Crippen molar-refractivity contribution >= 4 is 44.0 Å². The van der Waals surface area contributed by atoms with Crippen LogP contribution in [0.1, 0.15) is 5.56 Å². The first-order valence-corrected chi connectivity index (χ1v) is 13.5. The van der Waals surface area contributed by atoms with Crippen LogP contribution in [0.2, 0.25) is 0 Å². The van der Waals surface area contributed by atoms with Crippen LogP contribution in [0.4, 0.5) is 11.4 Å². The van der Waals surface area contributed by atoms with Crippen molar-refractivity contribution in [3.05, 3.63) is 60.2 Å². The number of hydrogen-bond acceptors (Lipinski definition) is 7. The second-order valence-corrected chi connectivity index (χ2v) is 11.8. The summed E-state index contributed by atoms with van der Waals surface area (Å²) in [4.78, 5) is 21.5. The van der Waals surface area contributed by atoms with Crippen molar-refractivity contribution in [2.75, 3.05) is 47.9 Å². The number of aliphatic imine (C=N–C) groups is 1. The van der Waals surface area contributed by atoms with E-state index in [-0.39, 0.29) is 28.7 Å². The molecule has 9 heteroatoms. The molecule has 3 aliphatic rings. The number of anilines is 2. The second kappa shape index (κ2) is 8.78. The molecule has 2 atom stereocenters. The lowest BCUT2D eigenvalue weighted by atomic mass is 10.1. The normalized spacial score (nSPS) is 24.2. The predicted molar refractivity (Wildman–Crippen MR) is 130 cm³/mol. The van der Waals surface area contributed by atoms with Crippen LogP contribution >= 0.6 is 11.8 Å². The maximum Gasteiger partial charge on any atom is 0.227 e. The lowest BCUT2D eigenvalue weighted by Crippen LogP contribution is -2.49. The number of carbonyl (C=O) groups is 1. The Morgan fingerprint density at radius 2 is 1.72 bits per heavy atom. The van der Waals surface area contributed by atoms with Gasteiger partial charge in [-0.05, 0) is 29.8 Å². The van der Waals surface area contributed by atoms with E-state index in [1.165, 1.54) is 17.4 Å². The van der Waals surface area contributed by atoms with Gasteiger partial charge >= 0.3 is 0 Å². The molecule has 2 aromatic carbocycles. The van der Waals surface area contributed by atoms with Crippen LogP contribution < -0.4 is 10.2 Å². The number of nitrogens with zero attached hydrogens (tertiary/aromatic N) is 3. The van der Waals surface area contributed by atoms with Crippen LogP contribution in [0.25, 0.3) is 0 Å². The summed E-state index contributed by atoms with van der Waals surface area (Å²) in [6.07, 6.45) is 0.392. The first kappa shape index (κ1) is 21.3. The lowest BCUT2D eigenvalue weighted by molar-refractivity contribution is -0.130. The maximum atomic E-state index is 12.8. The molecule has 2 aromatic rings. The van der Waals surface area contributed by atoms with Gasteiger partial charge in [-0.1, -0.05) is 42.1 Å². The van der Waals surface area contributed by atoms with Crippen molar-refractivity contribution in [1.29, 1.82) is 0 Å². The molecule has 168 valence electrons. The molecule has 1 N–H and O–H groups in total. The molecule has 0 bridgehead atoms. The average molecular weight is 471 g/mol. The van der Waals surface area contributed by atoms with E-state index >= 15 is 0 Å². The molecule has 0 radical (unpaired) electrons. The van der Waals surface area contributed by atoms with E-state index in [2.05, 4.69) is 27.3 Å². The third-order valence-electron chi connectivity index (χ3n) is 6.13. The van der Waals surface area contributed by atoms with E-state index in [0.717, 1.165) is 42.6 Å². The van der Waals surface area contributed by atoms with Crippen LogP contribution in [0, 0.1) is 0 Å². The zero-order valence-corrected chi connectivity index (χ0v) is 19.3. The van der Waals surface area contributed by atoms with Crippen molar-refractivity contribution in [3.63, 3.8) is 0 Å². The summed E-state index contributed by atoms with van der Waals surface area (Å²) in [5.74, 6) is 0.511. The Labute approximate surface area is 192 Å². The fourth-order valence-corrected chi connectivity index (χ4v) is 8.06. The monoisotopic (exact) mass is 470 g/mol. The molecular weight excluding hydrogens is 444 g/mol. The third kappa shape index (κ3) is 4.78. The summed E-state index contributed by atoms with van der Waals surface area (Å²) >= 11 is 1.51. The fourth-order valence-electron chi connectivity index (χ4n) is 4.38. The van der Waals surface area contributed by atoms with E-state index < -0.39 is 9.84 Å². The molecule has 0 saturated carbocycles. The minimum absolute atomic E-state index is 0.0294. The van der Waals surface area contributed by atoms with Crippen molar-refractivity contribution in [3.8, 4) is 0 Å². The Bertz CT molecular complexity index is 1110. The summed E-state index contributed by atoms with van der Waals surface area (Å²) in [7, 11) is -2.94. The minimum atomic E-state index is -2.94. The van der Waals surface area contributed by atoms with Gasteiger partial charge in [0.1, 0.15) is 0 Å². The molecule has 2 saturated heterocycles. The third-order valence-corrected chi connectivity index (χ3v) is 9.27. The number of hydrogen-bond donors (Lipinski definition) is 1. The van der Waals surface area contributed by atoms with Gasteiger partial charge < -0.3 is 15.1 Å². The molecular formula is C23H26N4O3S2. The van der Waals surface area contributed by atoms with Crippen molar-refractivity contribution in [1.82, 2.24) is 4.90 Å². The lowest BCUT2D eigenvalue weighted by Gasteiger charge is -2.36. The van der Waals surface area contributed by atoms with Crippen molar-refractivity contribution in [2.45, 2.75) is 17.7 Å². The highest BCUT2D eigenvalue weighted by Crippen LogP contribution is 2.34. The Kier molecular flexibility index (Phi) is 5.86. The van der Waals surface area contributed by atoms with E-state index in [9.17, 15) is 13.2 Å². The minimum Gasteiger partial charge on any atom is -0.368 e. The predicted octanol–water partition coefficient (Wildman–Crippen LogP) is 2.26. The van der Waals surface area contributed by atoms with Gasteiger partial charge in [0, 0.05) is 42.8 Å². The molecule has 1 amide bonds. The number of rotatable bonds is 4. The zero-order chi connectivity index (χ0) is 22.1. The Hall–Kier alpha value is -2.52. The Balaban J connectivity index is 1.12. The van der Waals surface area contributed by atoms with Gasteiger partial charge in [-0.25, -0.2) is 8.42 Å². The smallest absolute Gasteiger partial charge is 0.227 e. The molecule has 0 unspecified atom stereocenters. The van der Waals surface area contributed by atoms with E-state index in [1.807, 2.05) is 47.4 Å².